The van der Waals surface area contributed by atoms with Gasteiger partial charge < -0.3 is 5.32 Å². The minimum atomic E-state index is -0.437. The van der Waals surface area contributed by atoms with E-state index >= 15 is 0 Å². The summed E-state index contributed by atoms with van der Waals surface area (Å²) in [7, 11) is 0. The molecule has 0 aliphatic heterocycles. The maximum absolute atomic E-state index is 10.1. The Morgan fingerprint density at radius 2 is 1.58 bits per heavy atom. The topological polar surface area (TPSA) is 55.2 Å². The molecule has 0 aliphatic carbocycles. The Balaban J connectivity index is 0.000000344. The van der Waals surface area contributed by atoms with E-state index in [0.29, 0.717) is 0 Å². The summed E-state index contributed by atoms with van der Waals surface area (Å²) in [5, 5.41) is 13.5. The second-order valence-electron chi connectivity index (χ2n) is 4.23. The van der Waals surface area contributed by atoms with Gasteiger partial charge in [-0.3, -0.25) is 10.1 Å². The lowest BCUT2D eigenvalue weighted by Gasteiger charge is -1.99. The monoisotopic (exact) mass is 284 g/mol. The molecule has 5 heteroatoms. The number of thiol groups is 1. The Morgan fingerprint density at radius 3 is 1.95 bits per heavy atom. The molecule has 108 valence electrons. The molecule has 19 heavy (non-hydrogen) atoms. The van der Waals surface area contributed by atoms with Crippen LogP contribution in [0.4, 0.5) is 5.69 Å². The van der Waals surface area contributed by atoms with Crippen molar-refractivity contribution in [2.75, 3.05) is 13.1 Å². The minimum absolute atomic E-state index is 0.0952. The van der Waals surface area contributed by atoms with Gasteiger partial charge in [-0.2, -0.15) is 0 Å². The van der Waals surface area contributed by atoms with E-state index in [1.54, 1.807) is 12.1 Å². The number of benzene rings is 1. The summed E-state index contributed by atoms with van der Waals surface area (Å²) >= 11 is 3.98. The molecule has 4 nitrogen and oxygen atoms in total. The SMILES string of the molecule is CCCCNCCCC.O=[N+]([O-])c1ccc(S)cc1. The van der Waals surface area contributed by atoms with Crippen molar-refractivity contribution in [2.45, 2.75) is 44.4 Å². The molecule has 0 aromatic heterocycles. The number of nitrogens with zero attached hydrogens (tertiary/aromatic N) is 1. The highest BCUT2D eigenvalue weighted by atomic mass is 32.1. The van der Waals surface area contributed by atoms with Crippen molar-refractivity contribution in [1.29, 1.82) is 0 Å². The van der Waals surface area contributed by atoms with Crippen molar-refractivity contribution in [3.05, 3.63) is 34.4 Å². The molecule has 0 spiro atoms. The number of non-ortho nitro benzene ring substituents is 1. The average molecular weight is 284 g/mol. The highest BCUT2D eigenvalue weighted by Gasteiger charge is 2.00. The van der Waals surface area contributed by atoms with E-state index in [-0.39, 0.29) is 5.69 Å². The van der Waals surface area contributed by atoms with Crippen molar-refractivity contribution in [3.8, 4) is 0 Å². The number of rotatable bonds is 7. The highest BCUT2D eigenvalue weighted by Crippen LogP contribution is 2.13. The summed E-state index contributed by atoms with van der Waals surface area (Å²) in [6.45, 7) is 6.86. The van der Waals surface area contributed by atoms with Gasteiger partial charge in [0, 0.05) is 17.0 Å². The van der Waals surface area contributed by atoms with Gasteiger partial charge in [0.15, 0.2) is 0 Å². The first-order valence-electron chi connectivity index (χ1n) is 6.76. The van der Waals surface area contributed by atoms with Crippen LogP contribution in [0, 0.1) is 10.1 Å². The van der Waals surface area contributed by atoms with Crippen molar-refractivity contribution >= 4 is 18.3 Å². The summed E-state index contributed by atoms with van der Waals surface area (Å²) in [4.78, 5) is 10.4. The van der Waals surface area contributed by atoms with Crippen LogP contribution < -0.4 is 5.32 Å². The zero-order valence-corrected chi connectivity index (χ0v) is 12.7. The minimum Gasteiger partial charge on any atom is -0.317 e. The van der Waals surface area contributed by atoms with Crippen LogP contribution in [0.3, 0.4) is 0 Å². The molecule has 0 aliphatic rings. The molecule has 1 N–H and O–H groups in total. The van der Waals surface area contributed by atoms with Crippen LogP contribution in [-0.2, 0) is 0 Å². The molecule has 1 aromatic rings. The third-order valence-electron chi connectivity index (χ3n) is 2.47. The van der Waals surface area contributed by atoms with Crippen LogP contribution in [0.25, 0.3) is 0 Å². The molecule has 0 radical (unpaired) electrons. The van der Waals surface area contributed by atoms with E-state index in [0.717, 1.165) is 4.90 Å². The fraction of sp³-hybridized carbons (Fsp3) is 0.571. The zero-order valence-electron chi connectivity index (χ0n) is 11.8. The first-order chi connectivity index (χ1) is 9.11. The van der Waals surface area contributed by atoms with E-state index in [4.69, 9.17) is 0 Å². The maximum Gasteiger partial charge on any atom is 0.269 e. The van der Waals surface area contributed by atoms with Crippen LogP contribution in [0.1, 0.15) is 39.5 Å². The van der Waals surface area contributed by atoms with E-state index in [2.05, 4.69) is 31.8 Å². The lowest BCUT2D eigenvalue weighted by molar-refractivity contribution is -0.384. The number of nitro benzene ring substituents is 1. The molecular formula is C14H24N2O2S. The molecule has 1 aromatic carbocycles. The van der Waals surface area contributed by atoms with Crippen LogP contribution in [-0.4, -0.2) is 18.0 Å². The third kappa shape index (κ3) is 10.5. The molecular weight excluding hydrogens is 260 g/mol. The molecule has 0 unspecified atom stereocenters. The molecule has 0 bridgehead atoms. The van der Waals surface area contributed by atoms with Gasteiger partial charge in [0.25, 0.3) is 5.69 Å². The first-order valence-corrected chi connectivity index (χ1v) is 7.20. The van der Waals surface area contributed by atoms with Crippen LogP contribution in [0.15, 0.2) is 29.2 Å². The van der Waals surface area contributed by atoms with E-state index in [9.17, 15) is 10.1 Å². The fourth-order valence-electron chi connectivity index (χ4n) is 1.30. The fourth-order valence-corrected chi connectivity index (χ4v) is 1.45. The van der Waals surface area contributed by atoms with Crippen LogP contribution in [0.2, 0.25) is 0 Å². The number of hydrogen-bond donors (Lipinski definition) is 2. The Morgan fingerprint density at radius 1 is 1.11 bits per heavy atom. The lowest BCUT2D eigenvalue weighted by Crippen LogP contribution is -2.15. The molecule has 0 fully saturated rings. The second kappa shape index (κ2) is 12.0. The average Bonchev–Trinajstić information content (AvgIpc) is 2.40. The van der Waals surface area contributed by atoms with Crippen molar-refractivity contribution in [3.63, 3.8) is 0 Å². The third-order valence-corrected chi connectivity index (χ3v) is 2.77. The molecule has 0 atom stereocenters. The smallest absolute Gasteiger partial charge is 0.269 e. The summed E-state index contributed by atoms with van der Waals surface area (Å²) in [6.07, 6.45) is 5.26. The Kier molecular flexibility index (Phi) is 11.3. The summed E-state index contributed by atoms with van der Waals surface area (Å²) < 4.78 is 0. The largest absolute Gasteiger partial charge is 0.317 e. The maximum atomic E-state index is 10.1. The lowest BCUT2D eigenvalue weighted by atomic mass is 10.3. The number of nitro groups is 1. The zero-order chi connectivity index (χ0) is 14.5. The Hall–Kier alpha value is -1.07. The molecule has 0 saturated carbocycles. The number of nitrogens with one attached hydrogen (secondary N) is 1. The highest BCUT2D eigenvalue weighted by molar-refractivity contribution is 7.80. The predicted molar refractivity (Wildman–Crippen MR) is 83.0 cm³/mol. The van der Waals surface area contributed by atoms with Gasteiger partial charge in [-0.15, -0.1) is 12.6 Å². The summed E-state index contributed by atoms with van der Waals surface area (Å²) in [5.74, 6) is 0. The van der Waals surface area contributed by atoms with Crippen LogP contribution in [0.5, 0.6) is 0 Å². The van der Waals surface area contributed by atoms with Crippen molar-refractivity contribution in [1.82, 2.24) is 5.32 Å². The number of hydrogen-bond acceptors (Lipinski definition) is 4. The van der Waals surface area contributed by atoms with Gasteiger partial charge in [-0.25, -0.2) is 0 Å². The van der Waals surface area contributed by atoms with Gasteiger partial charge in [-0.1, -0.05) is 26.7 Å². The molecule has 0 saturated heterocycles. The van der Waals surface area contributed by atoms with Gasteiger partial charge >= 0.3 is 0 Å². The van der Waals surface area contributed by atoms with Gasteiger partial charge in [0.2, 0.25) is 0 Å². The summed E-state index contributed by atoms with van der Waals surface area (Å²) in [6, 6.07) is 6.01. The van der Waals surface area contributed by atoms with E-state index in [1.165, 1.54) is 50.9 Å². The Bertz CT molecular complexity index is 336. The quantitative estimate of drug-likeness (QED) is 0.343. The molecule has 1 rings (SSSR count). The van der Waals surface area contributed by atoms with Gasteiger partial charge in [0.05, 0.1) is 4.92 Å². The molecule has 0 heterocycles. The summed E-state index contributed by atoms with van der Waals surface area (Å²) in [5.41, 5.74) is 0.0952. The Labute approximate surface area is 121 Å². The standard InChI is InChI=1S/C8H19N.C6H5NO2S/c1-3-5-7-9-8-6-4-2;8-7(9)5-1-3-6(10)4-2-5/h9H,3-8H2,1-2H3;1-4,10H. The van der Waals surface area contributed by atoms with Crippen LogP contribution >= 0.6 is 12.6 Å². The van der Waals surface area contributed by atoms with E-state index < -0.39 is 4.92 Å². The predicted octanol–water partition coefficient (Wildman–Crippen LogP) is 4.06. The second-order valence-corrected chi connectivity index (χ2v) is 4.75. The van der Waals surface area contributed by atoms with Crippen molar-refractivity contribution in [2.24, 2.45) is 0 Å². The molecule has 0 amide bonds. The number of unbranched alkanes of at least 4 members (excludes halogenated alkanes) is 2. The first kappa shape index (κ1) is 17.9. The van der Waals surface area contributed by atoms with Crippen molar-refractivity contribution < 1.29 is 4.92 Å². The van der Waals surface area contributed by atoms with E-state index in [1.807, 2.05) is 0 Å². The van der Waals surface area contributed by atoms with Gasteiger partial charge in [0.1, 0.15) is 0 Å². The van der Waals surface area contributed by atoms with Gasteiger partial charge in [-0.05, 0) is 38.1 Å². The normalized spacial score (nSPS) is 9.63.